The number of hydrogen-bond acceptors (Lipinski definition) is 5. The number of unbranched alkanes of at least 4 members (excludes halogenated alkanes) is 2. The van der Waals surface area contributed by atoms with E-state index in [2.05, 4.69) is 29.8 Å². The molecule has 184 valence electrons. The Bertz CT molecular complexity index is 1110. The van der Waals surface area contributed by atoms with Crippen LogP contribution in [0, 0.1) is 0 Å². The maximum atomic E-state index is 14.1. The van der Waals surface area contributed by atoms with Crippen LogP contribution >= 0.6 is 15.9 Å². The minimum atomic E-state index is -4.14. The van der Waals surface area contributed by atoms with Crippen molar-refractivity contribution in [3.63, 3.8) is 0 Å². The number of hydrogen-bond donors (Lipinski definition) is 1. The first-order valence-electron chi connectivity index (χ1n) is 11.5. The summed E-state index contributed by atoms with van der Waals surface area (Å²) in [7, 11) is -4.14. The quantitative estimate of drug-likeness (QED) is 0.278. The van der Waals surface area contributed by atoms with Gasteiger partial charge in [0.25, 0.3) is 10.0 Å². The number of hydroxylamine groups is 1. The molecule has 1 aliphatic heterocycles. The molecule has 9 heteroatoms. The summed E-state index contributed by atoms with van der Waals surface area (Å²) in [6.45, 7) is 4.49. The Hall–Kier alpha value is -2.36. The van der Waals surface area contributed by atoms with Crippen LogP contribution < -0.4 is 4.90 Å². The molecule has 1 N–H and O–H groups in total. The number of fused-ring (bicyclic) bond motifs is 1. The lowest BCUT2D eigenvalue weighted by atomic mass is 9.86. The number of carbonyl (C=O) groups is 1. The SMILES string of the molecule is CCCCC1(CCCC)CN(c2ccccc2)c2cc(Br)ccc2S(=O)(=O)N1O/C=C/C(=O)O. The summed E-state index contributed by atoms with van der Waals surface area (Å²) in [4.78, 5) is 19.0. The molecule has 0 bridgehead atoms. The van der Waals surface area contributed by atoms with Gasteiger partial charge in [-0.3, -0.25) is 0 Å². The van der Waals surface area contributed by atoms with Crippen LogP contribution in [-0.4, -0.2) is 36.0 Å². The first kappa shape index (κ1) is 26.2. The van der Waals surface area contributed by atoms with Gasteiger partial charge in [-0.05, 0) is 47.6 Å². The molecule has 1 heterocycles. The molecule has 0 saturated carbocycles. The number of sulfonamides is 1. The lowest BCUT2D eigenvalue weighted by molar-refractivity contribution is -0.132. The molecule has 0 radical (unpaired) electrons. The van der Waals surface area contributed by atoms with Gasteiger partial charge in [0.15, 0.2) is 0 Å². The lowest BCUT2D eigenvalue weighted by Crippen LogP contribution is -2.55. The second-order valence-corrected chi connectivity index (χ2v) is 11.1. The van der Waals surface area contributed by atoms with Crippen LogP contribution in [0.3, 0.4) is 0 Å². The Morgan fingerprint density at radius 3 is 2.35 bits per heavy atom. The topological polar surface area (TPSA) is 87.2 Å². The van der Waals surface area contributed by atoms with Crippen molar-refractivity contribution in [1.82, 2.24) is 4.47 Å². The number of carboxylic acid groups (broad SMARTS) is 1. The normalized spacial score (nSPS) is 17.3. The Balaban J connectivity index is 2.29. The third-order valence-electron chi connectivity index (χ3n) is 5.97. The zero-order valence-corrected chi connectivity index (χ0v) is 21.9. The maximum Gasteiger partial charge on any atom is 0.331 e. The zero-order valence-electron chi connectivity index (χ0n) is 19.5. The second kappa shape index (κ2) is 11.4. The summed E-state index contributed by atoms with van der Waals surface area (Å²) in [6.07, 6.45) is 6.26. The predicted octanol–water partition coefficient (Wildman–Crippen LogP) is 6.24. The molecule has 0 atom stereocenters. The molecule has 0 saturated heterocycles. The Morgan fingerprint density at radius 2 is 1.76 bits per heavy atom. The molecular weight excluding hydrogens is 520 g/mol. The first-order chi connectivity index (χ1) is 16.2. The fourth-order valence-electron chi connectivity index (χ4n) is 4.33. The number of halogens is 1. The van der Waals surface area contributed by atoms with Gasteiger partial charge in [-0.15, -0.1) is 0 Å². The van der Waals surface area contributed by atoms with Crippen LogP contribution in [0.4, 0.5) is 11.4 Å². The number of nitrogens with zero attached hydrogens (tertiary/aromatic N) is 2. The van der Waals surface area contributed by atoms with Crippen molar-refractivity contribution in [2.75, 3.05) is 11.4 Å². The highest BCUT2D eigenvalue weighted by molar-refractivity contribution is 9.10. The largest absolute Gasteiger partial charge is 0.478 e. The number of carboxylic acids is 1. The molecule has 3 rings (SSSR count). The third-order valence-corrected chi connectivity index (χ3v) is 8.28. The van der Waals surface area contributed by atoms with Crippen molar-refractivity contribution < 1.29 is 23.2 Å². The van der Waals surface area contributed by atoms with Gasteiger partial charge in [0, 0.05) is 16.7 Å². The van der Waals surface area contributed by atoms with Crippen molar-refractivity contribution in [3.05, 3.63) is 65.3 Å². The van der Waals surface area contributed by atoms with Gasteiger partial charge in [0.05, 0.1) is 17.3 Å². The Kier molecular flexibility index (Phi) is 8.78. The van der Waals surface area contributed by atoms with Gasteiger partial charge in [0.1, 0.15) is 11.2 Å². The van der Waals surface area contributed by atoms with Crippen molar-refractivity contribution in [1.29, 1.82) is 0 Å². The number of anilines is 2. The van der Waals surface area contributed by atoms with Crippen molar-refractivity contribution in [2.24, 2.45) is 0 Å². The maximum absolute atomic E-state index is 14.1. The van der Waals surface area contributed by atoms with E-state index in [4.69, 9.17) is 9.94 Å². The minimum Gasteiger partial charge on any atom is -0.478 e. The molecule has 0 aromatic heterocycles. The fourth-order valence-corrected chi connectivity index (χ4v) is 6.44. The summed E-state index contributed by atoms with van der Waals surface area (Å²) >= 11 is 3.50. The zero-order chi connectivity index (χ0) is 24.8. The fraction of sp³-hybridized carbons (Fsp3) is 0.400. The first-order valence-corrected chi connectivity index (χ1v) is 13.7. The molecule has 2 aromatic carbocycles. The van der Waals surface area contributed by atoms with E-state index in [1.165, 1.54) is 0 Å². The Labute approximate surface area is 210 Å². The van der Waals surface area contributed by atoms with Crippen molar-refractivity contribution in [3.8, 4) is 0 Å². The van der Waals surface area contributed by atoms with Gasteiger partial charge < -0.3 is 14.8 Å². The number of rotatable bonds is 10. The van der Waals surface area contributed by atoms with E-state index >= 15 is 0 Å². The van der Waals surface area contributed by atoms with Crippen molar-refractivity contribution >= 4 is 43.3 Å². The highest BCUT2D eigenvalue weighted by Gasteiger charge is 2.50. The Morgan fingerprint density at radius 1 is 1.12 bits per heavy atom. The average Bonchev–Trinajstić information content (AvgIpc) is 2.89. The smallest absolute Gasteiger partial charge is 0.331 e. The molecule has 7 nitrogen and oxygen atoms in total. The van der Waals surface area contributed by atoms with Gasteiger partial charge in [-0.2, -0.15) is 0 Å². The summed E-state index contributed by atoms with van der Waals surface area (Å²) in [5, 5.41) is 9.07. The predicted molar refractivity (Wildman–Crippen MR) is 136 cm³/mol. The molecule has 1 aliphatic rings. The van der Waals surface area contributed by atoms with Crippen LogP contribution in [0.15, 0.2) is 70.2 Å². The molecule has 0 aliphatic carbocycles. The molecule has 0 unspecified atom stereocenters. The van der Waals surface area contributed by atoms with E-state index < -0.39 is 21.5 Å². The number of para-hydroxylation sites is 1. The standard InChI is InChI=1S/C25H31BrN2O5S/c1-3-5-15-25(16-6-4-2)19-27(21-10-8-7-9-11-21)22-18-20(26)12-13-23(22)34(31,32)28(25)33-17-14-24(29)30/h7-14,17-18H,3-6,15-16,19H2,1-2H3,(H,29,30)/b17-14+. The van der Waals surface area contributed by atoms with Crippen LogP contribution in [0.1, 0.15) is 52.4 Å². The van der Waals surface area contributed by atoms with Crippen LogP contribution in [0.5, 0.6) is 0 Å². The number of benzene rings is 2. The molecule has 0 spiro atoms. The minimum absolute atomic E-state index is 0.109. The molecule has 0 fully saturated rings. The van der Waals surface area contributed by atoms with Crippen molar-refractivity contribution in [2.45, 2.75) is 62.8 Å². The van der Waals surface area contributed by atoms with E-state index in [1.807, 2.05) is 35.2 Å². The van der Waals surface area contributed by atoms with E-state index in [-0.39, 0.29) is 4.90 Å². The van der Waals surface area contributed by atoms with E-state index in [1.54, 1.807) is 18.2 Å². The monoisotopic (exact) mass is 550 g/mol. The molecular formula is C25H31BrN2O5S. The highest BCUT2D eigenvalue weighted by atomic mass is 79.9. The molecule has 2 aromatic rings. The van der Waals surface area contributed by atoms with E-state index in [9.17, 15) is 13.2 Å². The van der Waals surface area contributed by atoms with E-state index in [0.717, 1.165) is 52.7 Å². The van der Waals surface area contributed by atoms with Crippen LogP contribution in [0.25, 0.3) is 0 Å². The second-order valence-electron chi connectivity index (χ2n) is 8.44. The molecule has 0 amide bonds. The summed E-state index contributed by atoms with van der Waals surface area (Å²) in [5.74, 6) is -1.21. The van der Waals surface area contributed by atoms with Gasteiger partial charge >= 0.3 is 5.97 Å². The highest BCUT2D eigenvalue weighted by Crippen LogP contribution is 2.45. The van der Waals surface area contributed by atoms with Crippen LogP contribution in [-0.2, 0) is 19.7 Å². The summed E-state index contributed by atoms with van der Waals surface area (Å²) in [5.41, 5.74) is 0.512. The van der Waals surface area contributed by atoms with Gasteiger partial charge in [-0.25, -0.2) is 13.2 Å². The van der Waals surface area contributed by atoms with Crippen LogP contribution in [0.2, 0.25) is 0 Å². The summed E-state index contributed by atoms with van der Waals surface area (Å²) < 4.78 is 30.0. The molecule has 34 heavy (non-hydrogen) atoms. The van der Waals surface area contributed by atoms with Gasteiger partial charge in [-0.1, -0.05) is 73.7 Å². The third kappa shape index (κ3) is 5.64. The van der Waals surface area contributed by atoms with E-state index in [0.29, 0.717) is 25.1 Å². The van der Waals surface area contributed by atoms with Gasteiger partial charge in [0.2, 0.25) is 0 Å². The average molecular weight is 552 g/mol. The number of aliphatic carboxylic acids is 1. The lowest BCUT2D eigenvalue weighted by Gasteiger charge is -2.42. The summed E-state index contributed by atoms with van der Waals surface area (Å²) in [6, 6.07) is 14.8.